The summed E-state index contributed by atoms with van der Waals surface area (Å²) < 4.78 is 0. The Morgan fingerprint density at radius 1 is 1.16 bits per heavy atom. The lowest BCUT2D eigenvalue weighted by molar-refractivity contribution is -0.124. The molecule has 5 nitrogen and oxygen atoms in total. The van der Waals surface area contributed by atoms with Crippen molar-refractivity contribution in [1.82, 2.24) is 15.1 Å². The van der Waals surface area contributed by atoms with Gasteiger partial charge in [0.25, 0.3) is 5.91 Å². The zero-order chi connectivity index (χ0) is 23.1. The molecule has 0 saturated carbocycles. The molecule has 1 aromatic carbocycles. The van der Waals surface area contributed by atoms with E-state index in [1.54, 1.807) is 11.3 Å². The molecule has 174 valence electrons. The van der Waals surface area contributed by atoms with Gasteiger partial charge in [0.1, 0.15) is 0 Å². The number of fused-ring (bicyclic) bond motifs is 1. The van der Waals surface area contributed by atoms with Gasteiger partial charge in [-0.15, -0.1) is 11.3 Å². The molecule has 0 aliphatic carbocycles. The van der Waals surface area contributed by atoms with Gasteiger partial charge in [-0.3, -0.25) is 9.59 Å². The summed E-state index contributed by atoms with van der Waals surface area (Å²) in [5.74, 6) is -0.0730. The van der Waals surface area contributed by atoms with Crippen LogP contribution in [0.3, 0.4) is 0 Å². The van der Waals surface area contributed by atoms with Crippen LogP contribution in [0.4, 0.5) is 0 Å². The third kappa shape index (κ3) is 5.59. The van der Waals surface area contributed by atoms with E-state index in [1.807, 2.05) is 46.7 Å². The molecule has 2 atom stereocenters. The van der Waals surface area contributed by atoms with Crippen LogP contribution in [-0.4, -0.2) is 54.3 Å². The standard InChI is InChI=1S/C26H37N3O2S/c1-5-7-15-28(6-2)16-14-27-25(30)23-20-11-8-9-12-21(20)26(31)29(18-19(3)4)24(23)22-13-10-17-32-22/h8-13,17,19,23-24H,5-7,14-16,18H2,1-4H3,(H,27,30)/t23-,24-/m1/s1. The lowest BCUT2D eigenvalue weighted by Gasteiger charge is -2.42. The Morgan fingerprint density at radius 3 is 2.59 bits per heavy atom. The topological polar surface area (TPSA) is 52.7 Å². The van der Waals surface area contributed by atoms with Crippen molar-refractivity contribution < 1.29 is 9.59 Å². The molecule has 1 N–H and O–H groups in total. The van der Waals surface area contributed by atoms with Crippen molar-refractivity contribution in [3.05, 3.63) is 57.8 Å². The second-order valence-corrected chi connectivity index (χ2v) is 9.93. The first-order valence-electron chi connectivity index (χ1n) is 11.9. The van der Waals surface area contributed by atoms with Gasteiger partial charge >= 0.3 is 0 Å². The van der Waals surface area contributed by atoms with E-state index in [0.29, 0.717) is 24.6 Å². The maximum atomic E-state index is 13.6. The smallest absolute Gasteiger partial charge is 0.254 e. The Labute approximate surface area is 196 Å². The molecular weight excluding hydrogens is 418 g/mol. The minimum atomic E-state index is -0.410. The molecule has 0 radical (unpaired) electrons. The van der Waals surface area contributed by atoms with Crippen molar-refractivity contribution in [3.8, 4) is 0 Å². The van der Waals surface area contributed by atoms with Crippen molar-refractivity contribution in [2.24, 2.45) is 5.92 Å². The van der Waals surface area contributed by atoms with Gasteiger partial charge in [-0.1, -0.05) is 58.4 Å². The number of nitrogens with zero attached hydrogens (tertiary/aromatic N) is 2. The first kappa shape index (κ1) is 24.5. The second-order valence-electron chi connectivity index (χ2n) is 8.96. The first-order valence-corrected chi connectivity index (χ1v) is 12.8. The number of nitrogens with one attached hydrogen (secondary N) is 1. The van der Waals surface area contributed by atoms with E-state index in [9.17, 15) is 9.59 Å². The Morgan fingerprint density at radius 2 is 1.94 bits per heavy atom. The third-order valence-electron chi connectivity index (χ3n) is 6.12. The molecule has 0 saturated heterocycles. The number of thiophene rings is 1. The summed E-state index contributed by atoms with van der Waals surface area (Å²) in [6, 6.07) is 11.4. The molecule has 0 bridgehead atoms. The summed E-state index contributed by atoms with van der Waals surface area (Å²) >= 11 is 1.62. The number of hydrogen-bond acceptors (Lipinski definition) is 4. The summed E-state index contributed by atoms with van der Waals surface area (Å²) in [6.45, 7) is 12.7. The van der Waals surface area contributed by atoms with E-state index in [2.05, 4.69) is 37.9 Å². The fraction of sp³-hybridized carbons (Fsp3) is 0.538. The van der Waals surface area contributed by atoms with E-state index in [0.717, 1.165) is 30.1 Å². The van der Waals surface area contributed by atoms with Gasteiger partial charge in [0.15, 0.2) is 0 Å². The molecule has 0 unspecified atom stereocenters. The van der Waals surface area contributed by atoms with Crippen molar-refractivity contribution in [2.75, 3.05) is 32.7 Å². The van der Waals surface area contributed by atoms with E-state index in [4.69, 9.17) is 0 Å². The monoisotopic (exact) mass is 455 g/mol. The fourth-order valence-corrected chi connectivity index (χ4v) is 5.38. The van der Waals surface area contributed by atoms with Crippen LogP contribution in [0.2, 0.25) is 0 Å². The summed E-state index contributed by atoms with van der Waals surface area (Å²) in [7, 11) is 0. The van der Waals surface area contributed by atoms with Crippen LogP contribution in [0.25, 0.3) is 0 Å². The number of benzene rings is 1. The highest BCUT2D eigenvalue weighted by atomic mass is 32.1. The second kappa shape index (κ2) is 11.6. The molecule has 1 aliphatic heterocycles. The van der Waals surface area contributed by atoms with Crippen LogP contribution in [-0.2, 0) is 4.79 Å². The fourth-order valence-electron chi connectivity index (χ4n) is 4.50. The average Bonchev–Trinajstić information content (AvgIpc) is 3.32. The number of amides is 2. The van der Waals surface area contributed by atoms with Crippen molar-refractivity contribution >= 4 is 23.2 Å². The average molecular weight is 456 g/mol. The largest absolute Gasteiger partial charge is 0.354 e. The van der Waals surface area contributed by atoms with Gasteiger partial charge < -0.3 is 15.1 Å². The molecular formula is C26H37N3O2S. The van der Waals surface area contributed by atoms with E-state index in [1.165, 1.54) is 12.8 Å². The predicted octanol–water partition coefficient (Wildman–Crippen LogP) is 4.92. The highest BCUT2D eigenvalue weighted by molar-refractivity contribution is 7.10. The maximum Gasteiger partial charge on any atom is 0.254 e. The van der Waals surface area contributed by atoms with Crippen LogP contribution in [0, 0.1) is 5.92 Å². The van der Waals surface area contributed by atoms with E-state index >= 15 is 0 Å². The number of rotatable bonds is 11. The van der Waals surface area contributed by atoms with Gasteiger partial charge in [0.2, 0.25) is 5.91 Å². The minimum absolute atomic E-state index is 0.00338. The highest BCUT2D eigenvalue weighted by Crippen LogP contribution is 2.44. The minimum Gasteiger partial charge on any atom is -0.354 e. The maximum absolute atomic E-state index is 13.6. The van der Waals surface area contributed by atoms with Crippen LogP contribution in [0.5, 0.6) is 0 Å². The summed E-state index contributed by atoms with van der Waals surface area (Å²) in [4.78, 5) is 32.4. The quantitative estimate of drug-likeness (QED) is 0.523. The Kier molecular flexibility index (Phi) is 8.88. The molecule has 0 fully saturated rings. The third-order valence-corrected chi connectivity index (χ3v) is 7.06. The molecule has 1 aliphatic rings. The van der Waals surface area contributed by atoms with Crippen LogP contribution < -0.4 is 5.32 Å². The Hall–Kier alpha value is -2.18. The number of unbranched alkanes of at least 4 members (excludes halogenated alkanes) is 1. The van der Waals surface area contributed by atoms with Crippen LogP contribution in [0.1, 0.15) is 73.3 Å². The predicted molar refractivity (Wildman–Crippen MR) is 132 cm³/mol. The van der Waals surface area contributed by atoms with E-state index < -0.39 is 5.92 Å². The summed E-state index contributed by atoms with van der Waals surface area (Å²) in [5, 5.41) is 5.22. The summed E-state index contributed by atoms with van der Waals surface area (Å²) in [6.07, 6.45) is 2.34. The number of likely N-dealkylation sites (N-methyl/N-ethyl adjacent to an activating group) is 1. The van der Waals surface area contributed by atoms with E-state index in [-0.39, 0.29) is 17.9 Å². The molecule has 32 heavy (non-hydrogen) atoms. The Balaban J connectivity index is 1.88. The van der Waals surface area contributed by atoms with Gasteiger partial charge in [-0.05, 0) is 48.5 Å². The molecule has 0 spiro atoms. The van der Waals surface area contributed by atoms with Crippen molar-refractivity contribution in [2.45, 2.75) is 52.5 Å². The number of carbonyl (C=O) groups excluding carboxylic acids is 2. The molecule has 3 rings (SSSR count). The Bertz CT molecular complexity index is 881. The SMILES string of the molecule is CCCCN(CC)CCNC(=O)[C@@H]1c2ccccc2C(=O)N(CC(C)C)[C@@H]1c1cccs1. The van der Waals surface area contributed by atoms with Gasteiger partial charge in [-0.2, -0.15) is 0 Å². The highest BCUT2D eigenvalue weighted by Gasteiger charge is 2.44. The van der Waals surface area contributed by atoms with Gasteiger partial charge in [-0.25, -0.2) is 0 Å². The van der Waals surface area contributed by atoms with Crippen molar-refractivity contribution in [1.29, 1.82) is 0 Å². The molecule has 6 heteroatoms. The zero-order valence-corrected chi connectivity index (χ0v) is 20.7. The van der Waals surface area contributed by atoms with Crippen molar-refractivity contribution in [3.63, 3.8) is 0 Å². The number of hydrogen-bond donors (Lipinski definition) is 1. The molecule has 1 aromatic heterocycles. The lowest BCUT2D eigenvalue weighted by Crippen LogP contribution is -2.49. The van der Waals surface area contributed by atoms with Gasteiger partial charge in [0, 0.05) is 30.1 Å². The summed E-state index contributed by atoms with van der Waals surface area (Å²) in [5.41, 5.74) is 1.49. The van der Waals surface area contributed by atoms with Gasteiger partial charge in [0.05, 0.1) is 12.0 Å². The molecule has 2 aromatic rings. The normalized spacial score (nSPS) is 18.3. The number of carbonyl (C=O) groups is 2. The molecule has 2 heterocycles. The van der Waals surface area contributed by atoms with Crippen LogP contribution in [0.15, 0.2) is 41.8 Å². The zero-order valence-electron chi connectivity index (χ0n) is 19.8. The van der Waals surface area contributed by atoms with Crippen LogP contribution >= 0.6 is 11.3 Å². The lowest BCUT2D eigenvalue weighted by atomic mass is 9.81. The molecule has 2 amide bonds. The first-order chi connectivity index (χ1) is 15.5.